The number of halogens is 1. The number of carbonyl (C=O) groups is 3. The fraction of sp³-hybridized carbons (Fsp3) is 0.438. The van der Waals surface area contributed by atoms with Gasteiger partial charge in [-0.3, -0.25) is 14.4 Å². The summed E-state index contributed by atoms with van der Waals surface area (Å²) in [5.74, 6) is -2.55. The Kier molecular flexibility index (Phi) is 5.60. The van der Waals surface area contributed by atoms with Crippen LogP contribution in [0.5, 0.6) is 0 Å². The molecule has 0 spiro atoms. The molecule has 3 N–H and O–H groups in total. The summed E-state index contributed by atoms with van der Waals surface area (Å²) in [6, 6.07) is 5.24. The van der Waals surface area contributed by atoms with Crippen LogP contribution in [0.2, 0.25) is 5.02 Å². The highest BCUT2D eigenvalue weighted by Gasteiger charge is 2.41. The minimum absolute atomic E-state index is 0.113. The highest BCUT2D eigenvalue weighted by atomic mass is 35.5. The van der Waals surface area contributed by atoms with E-state index in [1.54, 1.807) is 18.2 Å². The number of nitrogens with one attached hydrogen (secondary N) is 2. The summed E-state index contributed by atoms with van der Waals surface area (Å²) in [6.07, 6.45) is 1.22. The zero-order valence-corrected chi connectivity index (χ0v) is 13.5. The highest BCUT2D eigenvalue weighted by Crippen LogP contribution is 2.34. The van der Waals surface area contributed by atoms with Crippen molar-refractivity contribution in [3.8, 4) is 0 Å². The van der Waals surface area contributed by atoms with Crippen LogP contribution in [0.25, 0.3) is 0 Å². The molecule has 1 saturated carbocycles. The van der Waals surface area contributed by atoms with E-state index in [2.05, 4.69) is 10.6 Å². The molecule has 23 heavy (non-hydrogen) atoms. The van der Waals surface area contributed by atoms with E-state index in [0.717, 1.165) is 5.56 Å². The summed E-state index contributed by atoms with van der Waals surface area (Å²) in [7, 11) is 0. The lowest BCUT2D eigenvalue weighted by molar-refractivity contribution is -0.152. The van der Waals surface area contributed by atoms with E-state index in [9.17, 15) is 14.4 Å². The third-order valence-electron chi connectivity index (χ3n) is 4.12. The second kappa shape index (κ2) is 7.46. The minimum atomic E-state index is -0.939. The number of carbonyl (C=O) groups excluding carboxylic acids is 2. The second-order valence-electron chi connectivity index (χ2n) is 5.63. The standard InChI is InChI=1S/C16H19ClN2O4/c1-9-12(17)3-2-4-13(9)19-14(20)7-8-18-15(21)10-5-6-11(10)16(22)23/h2-4,10-11H,5-8H2,1H3,(H,18,21)(H,19,20)(H,22,23). The van der Waals surface area contributed by atoms with Crippen LogP contribution in [0.4, 0.5) is 5.69 Å². The molecule has 1 aliphatic carbocycles. The molecule has 0 saturated heterocycles. The van der Waals surface area contributed by atoms with Gasteiger partial charge in [0.15, 0.2) is 0 Å². The molecule has 0 radical (unpaired) electrons. The summed E-state index contributed by atoms with van der Waals surface area (Å²) >= 11 is 5.98. The first-order valence-corrected chi connectivity index (χ1v) is 7.83. The molecule has 1 aromatic carbocycles. The van der Waals surface area contributed by atoms with Crippen LogP contribution in [0, 0.1) is 18.8 Å². The van der Waals surface area contributed by atoms with Crippen LogP contribution in [-0.2, 0) is 14.4 Å². The lowest BCUT2D eigenvalue weighted by atomic mass is 9.73. The van der Waals surface area contributed by atoms with E-state index >= 15 is 0 Å². The zero-order chi connectivity index (χ0) is 17.0. The van der Waals surface area contributed by atoms with Crippen molar-refractivity contribution in [3.05, 3.63) is 28.8 Å². The van der Waals surface area contributed by atoms with Gasteiger partial charge in [-0.2, -0.15) is 0 Å². The van der Waals surface area contributed by atoms with Crippen LogP contribution in [0.3, 0.4) is 0 Å². The van der Waals surface area contributed by atoms with Crippen LogP contribution >= 0.6 is 11.6 Å². The third-order valence-corrected chi connectivity index (χ3v) is 4.53. The Morgan fingerprint density at radius 1 is 1.26 bits per heavy atom. The smallest absolute Gasteiger partial charge is 0.307 e. The van der Waals surface area contributed by atoms with E-state index in [1.807, 2.05) is 6.92 Å². The summed E-state index contributed by atoms with van der Waals surface area (Å²) in [4.78, 5) is 34.6. The van der Waals surface area contributed by atoms with Gasteiger partial charge in [-0.15, -0.1) is 0 Å². The molecule has 0 aromatic heterocycles. The molecule has 1 fully saturated rings. The number of rotatable bonds is 6. The molecule has 7 heteroatoms. The van der Waals surface area contributed by atoms with Gasteiger partial charge in [0.05, 0.1) is 11.8 Å². The minimum Gasteiger partial charge on any atom is -0.481 e. The average Bonchev–Trinajstić information content (AvgIpc) is 2.42. The van der Waals surface area contributed by atoms with Gasteiger partial charge in [0, 0.05) is 23.7 Å². The van der Waals surface area contributed by atoms with Crippen molar-refractivity contribution in [2.75, 3.05) is 11.9 Å². The fourth-order valence-electron chi connectivity index (χ4n) is 2.50. The van der Waals surface area contributed by atoms with E-state index in [0.29, 0.717) is 23.6 Å². The van der Waals surface area contributed by atoms with Crippen molar-refractivity contribution in [3.63, 3.8) is 0 Å². The van der Waals surface area contributed by atoms with Crippen molar-refractivity contribution in [1.29, 1.82) is 0 Å². The predicted octanol–water partition coefficient (Wildman–Crippen LogP) is 2.20. The highest BCUT2D eigenvalue weighted by molar-refractivity contribution is 6.31. The van der Waals surface area contributed by atoms with Gasteiger partial charge in [-0.25, -0.2) is 0 Å². The van der Waals surface area contributed by atoms with Crippen molar-refractivity contribution >= 4 is 35.1 Å². The predicted molar refractivity (Wildman–Crippen MR) is 86.3 cm³/mol. The van der Waals surface area contributed by atoms with E-state index in [1.165, 1.54) is 0 Å². The van der Waals surface area contributed by atoms with Crippen LogP contribution in [0.1, 0.15) is 24.8 Å². The van der Waals surface area contributed by atoms with Crippen molar-refractivity contribution < 1.29 is 19.5 Å². The third kappa shape index (κ3) is 4.22. The van der Waals surface area contributed by atoms with Crippen LogP contribution in [0.15, 0.2) is 18.2 Å². The summed E-state index contributed by atoms with van der Waals surface area (Å²) in [5, 5.41) is 14.9. The second-order valence-corrected chi connectivity index (χ2v) is 6.04. The lowest BCUT2D eigenvalue weighted by Gasteiger charge is -2.31. The van der Waals surface area contributed by atoms with Crippen molar-refractivity contribution in [2.45, 2.75) is 26.2 Å². The van der Waals surface area contributed by atoms with Gasteiger partial charge in [-0.1, -0.05) is 17.7 Å². The number of carboxylic acids is 1. The first kappa shape index (κ1) is 17.3. The Balaban J connectivity index is 1.76. The lowest BCUT2D eigenvalue weighted by Crippen LogP contribution is -2.44. The molecule has 0 heterocycles. The number of hydrogen-bond donors (Lipinski definition) is 3. The number of anilines is 1. The molecule has 2 unspecified atom stereocenters. The van der Waals surface area contributed by atoms with Gasteiger partial charge < -0.3 is 15.7 Å². The molecular weight excluding hydrogens is 320 g/mol. The van der Waals surface area contributed by atoms with Gasteiger partial charge in [-0.05, 0) is 37.5 Å². The molecular formula is C16H19ClN2O4. The molecule has 124 valence electrons. The van der Waals surface area contributed by atoms with Gasteiger partial charge >= 0.3 is 5.97 Å². The number of amides is 2. The Morgan fingerprint density at radius 2 is 1.96 bits per heavy atom. The van der Waals surface area contributed by atoms with Crippen LogP contribution in [-0.4, -0.2) is 29.4 Å². The maximum atomic E-state index is 11.9. The van der Waals surface area contributed by atoms with Crippen molar-refractivity contribution in [2.24, 2.45) is 11.8 Å². The molecule has 2 atom stereocenters. The van der Waals surface area contributed by atoms with E-state index in [-0.39, 0.29) is 24.8 Å². The molecule has 6 nitrogen and oxygen atoms in total. The molecule has 2 amide bonds. The monoisotopic (exact) mass is 338 g/mol. The number of benzene rings is 1. The molecule has 1 aliphatic rings. The van der Waals surface area contributed by atoms with E-state index in [4.69, 9.17) is 16.7 Å². The first-order valence-electron chi connectivity index (χ1n) is 7.45. The topological polar surface area (TPSA) is 95.5 Å². The maximum absolute atomic E-state index is 11.9. The Hall–Kier alpha value is -2.08. The first-order chi connectivity index (χ1) is 10.9. The van der Waals surface area contributed by atoms with E-state index < -0.39 is 17.8 Å². The average molecular weight is 339 g/mol. The molecule has 0 bridgehead atoms. The van der Waals surface area contributed by atoms with Crippen LogP contribution < -0.4 is 10.6 Å². The Morgan fingerprint density at radius 3 is 2.57 bits per heavy atom. The van der Waals surface area contributed by atoms with Gasteiger partial charge in [0.1, 0.15) is 0 Å². The normalized spacial score (nSPS) is 19.6. The number of carboxylic acid groups (broad SMARTS) is 1. The molecule has 2 rings (SSSR count). The largest absolute Gasteiger partial charge is 0.481 e. The Bertz CT molecular complexity index is 633. The van der Waals surface area contributed by atoms with Gasteiger partial charge in [0.2, 0.25) is 11.8 Å². The summed E-state index contributed by atoms with van der Waals surface area (Å²) in [5.41, 5.74) is 1.42. The molecule has 1 aromatic rings. The Labute approximate surface area is 139 Å². The fourth-order valence-corrected chi connectivity index (χ4v) is 2.67. The van der Waals surface area contributed by atoms with Crippen molar-refractivity contribution in [1.82, 2.24) is 5.32 Å². The maximum Gasteiger partial charge on any atom is 0.307 e. The summed E-state index contributed by atoms with van der Waals surface area (Å²) < 4.78 is 0. The summed E-state index contributed by atoms with van der Waals surface area (Å²) in [6.45, 7) is 1.98. The zero-order valence-electron chi connectivity index (χ0n) is 12.8. The SMILES string of the molecule is Cc1c(Cl)cccc1NC(=O)CCNC(=O)C1CCC1C(=O)O. The molecule has 0 aliphatic heterocycles. The van der Waals surface area contributed by atoms with Gasteiger partial charge in [0.25, 0.3) is 0 Å². The number of aliphatic carboxylic acids is 1. The quantitative estimate of drug-likeness (QED) is 0.741. The number of hydrogen-bond acceptors (Lipinski definition) is 3.